The van der Waals surface area contributed by atoms with Gasteiger partial charge in [0.1, 0.15) is 10.5 Å². The van der Waals surface area contributed by atoms with Gasteiger partial charge in [-0.05, 0) is 51.2 Å². The van der Waals surface area contributed by atoms with Crippen LogP contribution in [0.1, 0.15) is 60.3 Å². The summed E-state index contributed by atoms with van der Waals surface area (Å²) in [7, 11) is 0. The number of fused-ring (bicyclic) bond motifs is 4. The van der Waals surface area contributed by atoms with Gasteiger partial charge in [-0.3, -0.25) is 4.79 Å². The van der Waals surface area contributed by atoms with Crippen molar-refractivity contribution in [1.82, 2.24) is 20.2 Å². The van der Waals surface area contributed by atoms with E-state index in [1.165, 1.54) is 34.4 Å². The quantitative estimate of drug-likeness (QED) is 0.260. The number of thiophene rings is 1. The average molecular weight is 510 g/mol. The molecule has 0 spiro atoms. The van der Waals surface area contributed by atoms with E-state index in [2.05, 4.69) is 25.5 Å². The first-order chi connectivity index (χ1) is 17.0. The van der Waals surface area contributed by atoms with Crippen molar-refractivity contribution in [2.45, 2.75) is 62.8 Å². The van der Waals surface area contributed by atoms with E-state index >= 15 is 0 Å². The second kappa shape index (κ2) is 10.3. The van der Waals surface area contributed by atoms with Crippen molar-refractivity contribution in [3.05, 3.63) is 40.3 Å². The molecular weight excluding hydrogens is 482 g/mol. The molecule has 0 aliphatic heterocycles. The number of anilines is 1. The molecule has 4 aromatic rings. The summed E-state index contributed by atoms with van der Waals surface area (Å²) in [6.45, 7) is 3.89. The molecule has 3 aromatic heterocycles. The molecule has 3 heterocycles. The zero-order chi connectivity index (χ0) is 24.4. The summed E-state index contributed by atoms with van der Waals surface area (Å²) in [6.07, 6.45) is 6.24. The number of rotatable bonds is 6. The van der Waals surface area contributed by atoms with Crippen LogP contribution >= 0.6 is 23.1 Å². The van der Waals surface area contributed by atoms with Crippen molar-refractivity contribution in [1.29, 1.82) is 0 Å². The molecule has 0 saturated heterocycles. The molecule has 0 fully saturated rings. The van der Waals surface area contributed by atoms with E-state index in [9.17, 15) is 9.59 Å². The molecule has 1 atom stereocenters. The Morgan fingerprint density at radius 2 is 1.97 bits per heavy atom. The summed E-state index contributed by atoms with van der Waals surface area (Å²) < 4.78 is 5.35. The van der Waals surface area contributed by atoms with Crippen LogP contribution in [0.15, 0.2) is 29.4 Å². The van der Waals surface area contributed by atoms with Crippen LogP contribution in [0.3, 0.4) is 0 Å². The van der Waals surface area contributed by atoms with Crippen molar-refractivity contribution < 1.29 is 14.3 Å². The lowest BCUT2D eigenvalue weighted by molar-refractivity contribution is -0.115. The van der Waals surface area contributed by atoms with E-state index in [1.54, 1.807) is 13.8 Å². The van der Waals surface area contributed by atoms with Gasteiger partial charge in [0.15, 0.2) is 5.65 Å². The minimum Gasteiger partial charge on any atom is -0.462 e. The van der Waals surface area contributed by atoms with Crippen LogP contribution in [-0.4, -0.2) is 43.9 Å². The fraction of sp³-hybridized carbons (Fsp3) is 0.400. The Bertz CT molecular complexity index is 1400. The molecule has 1 aliphatic carbocycles. The molecule has 1 amide bonds. The number of carbonyl (C=O) groups excluding carboxylic acids is 2. The van der Waals surface area contributed by atoms with Crippen LogP contribution in [0, 0.1) is 0 Å². The smallest absolute Gasteiger partial charge is 0.341 e. The van der Waals surface area contributed by atoms with Gasteiger partial charge in [0.25, 0.3) is 0 Å². The first kappa shape index (κ1) is 23.7. The molecule has 5 rings (SSSR count). The van der Waals surface area contributed by atoms with Crippen molar-refractivity contribution >= 4 is 62.0 Å². The summed E-state index contributed by atoms with van der Waals surface area (Å²) in [6, 6.07) is 7.83. The maximum Gasteiger partial charge on any atom is 0.341 e. The summed E-state index contributed by atoms with van der Waals surface area (Å²) in [5, 5.41) is 13.0. The third kappa shape index (κ3) is 4.90. The number of H-pyrrole nitrogens is 1. The summed E-state index contributed by atoms with van der Waals surface area (Å²) >= 11 is 2.74. The largest absolute Gasteiger partial charge is 0.462 e. The Kier molecular flexibility index (Phi) is 7.01. The van der Waals surface area contributed by atoms with Gasteiger partial charge in [0.05, 0.1) is 17.4 Å². The third-order valence-corrected chi connectivity index (χ3v) is 8.30. The fourth-order valence-electron chi connectivity index (χ4n) is 4.41. The number of benzene rings is 1. The molecule has 1 aromatic carbocycles. The average Bonchev–Trinajstić information content (AvgIpc) is 3.36. The van der Waals surface area contributed by atoms with Gasteiger partial charge in [-0.25, -0.2) is 9.78 Å². The summed E-state index contributed by atoms with van der Waals surface area (Å²) in [5.41, 5.74) is 3.85. The molecule has 1 aliphatic rings. The molecule has 8 nitrogen and oxygen atoms in total. The maximum absolute atomic E-state index is 13.1. The number of aromatic nitrogens is 4. The molecule has 182 valence electrons. The number of amides is 1. The molecule has 1 unspecified atom stereocenters. The Labute approximate surface area is 211 Å². The highest BCUT2D eigenvalue weighted by molar-refractivity contribution is 8.00. The Morgan fingerprint density at radius 3 is 2.80 bits per heavy atom. The van der Waals surface area contributed by atoms with Gasteiger partial charge in [-0.15, -0.1) is 21.5 Å². The number of nitrogens with zero attached hydrogens (tertiary/aromatic N) is 3. The van der Waals surface area contributed by atoms with Gasteiger partial charge < -0.3 is 15.0 Å². The van der Waals surface area contributed by atoms with E-state index < -0.39 is 5.25 Å². The zero-order valence-corrected chi connectivity index (χ0v) is 21.4. The second-order valence-electron chi connectivity index (χ2n) is 8.55. The number of esters is 1. The number of thioether (sulfide) groups is 1. The predicted molar refractivity (Wildman–Crippen MR) is 139 cm³/mol. The van der Waals surface area contributed by atoms with Crippen molar-refractivity contribution in [2.75, 3.05) is 11.9 Å². The second-order valence-corrected chi connectivity index (χ2v) is 11.0. The van der Waals surface area contributed by atoms with Crippen molar-refractivity contribution in [3.8, 4) is 0 Å². The Hall–Kier alpha value is -2.98. The minimum absolute atomic E-state index is 0.213. The summed E-state index contributed by atoms with van der Waals surface area (Å²) in [4.78, 5) is 35.0. The van der Waals surface area contributed by atoms with Crippen LogP contribution < -0.4 is 5.32 Å². The number of hydrogen-bond donors (Lipinski definition) is 2. The molecule has 10 heteroatoms. The lowest BCUT2D eigenvalue weighted by atomic mass is 9.96. The normalized spacial score (nSPS) is 14.8. The van der Waals surface area contributed by atoms with E-state index in [0.717, 1.165) is 48.6 Å². The monoisotopic (exact) mass is 509 g/mol. The number of carbonyl (C=O) groups is 2. The highest BCUT2D eigenvalue weighted by Crippen LogP contribution is 2.38. The number of hydrogen-bond acceptors (Lipinski definition) is 8. The molecule has 2 N–H and O–H groups in total. The zero-order valence-electron chi connectivity index (χ0n) is 19.7. The van der Waals surface area contributed by atoms with Gasteiger partial charge in [-0.2, -0.15) is 0 Å². The molecule has 35 heavy (non-hydrogen) atoms. The van der Waals surface area contributed by atoms with Gasteiger partial charge in [0.2, 0.25) is 11.1 Å². The fourth-order valence-corrected chi connectivity index (χ4v) is 6.40. The molecule has 0 saturated carbocycles. The number of aromatic amines is 1. The van der Waals surface area contributed by atoms with Crippen LogP contribution in [0.2, 0.25) is 0 Å². The SMILES string of the molecule is CCOC(=O)c1c(NC(=O)C(C)Sc2nnc3c(n2)[nH]c2ccccc23)sc2c1CCCCCC2. The van der Waals surface area contributed by atoms with Crippen molar-refractivity contribution in [3.63, 3.8) is 0 Å². The summed E-state index contributed by atoms with van der Waals surface area (Å²) in [5.74, 6) is -0.576. The minimum atomic E-state index is -0.488. The molecule has 0 radical (unpaired) electrons. The first-order valence-electron chi connectivity index (χ1n) is 12.0. The van der Waals surface area contributed by atoms with Gasteiger partial charge in [-0.1, -0.05) is 42.8 Å². The molecular formula is C25H27N5O3S2. The number of ether oxygens (including phenoxy) is 1. The van der Waals surface area contributed by atoms with Gasteiger partial charge in [0, 0.05) is 15.8 Å². The lowest BCUT2D eigenvalue weighted by Gasteiger charge is -2.12. The van der Waals surface area contributed by atoms with Crippen LogP contribution in [0.5, 0.6) is 0 Å². The number of para-hydroxylation sites is 1. The Morgan fingerprint density at radius 1 is 1.17 bits per heavy atom. The maximum atomic E-state index is 13.1. The van der Waals surface area contributed by atoms with Gasteiger partial charge >= 0.3 is 5.97 Å². The lowest BCUT2D eigenvalue weighted by Crippen LogP contribution is -2.23. The first-order valence-corrected chi connectivity index (χ1v) is 13.6. The van der Waals surface area contributed by atoms with E-state index in [0.29, 0.717) is 33.5 Å². The standard InChI is InChI=1S/C25H27N5O3S2/c1-3-33-24(32)19-16-11-6-4-5-7-13-18(16)35-23(19)28-22(31)14(2)34-25-27-21-20(29-30-25)15-10-8-9-12-17(15)26-21/h8-10,12,14H,3-7,11,13H2,1-2H3,(H,28,31)(H,26,27,30). The van der Waals surface area contributed by atoms with E-state index in [1.807, 2.05) is 24.3 Å². The number of nitrogens with one attached hydrogen (secondary N) is 2. The van der Waals surface area contributed by atoms with Crippen LogP contribution in [0.25, 0.3) is 22.1 Å². The Balaban J connectivity index is 1.36. The van der Waals surface area contributed by atoms with Crippen LogP contribution in [-0.2, 0) is 22.4 Å². The highest BCUT2D eigenvalue weighted by atomic mass is 32.2. The van der Waals surface area contributed by atoms with E-state index in [-0.39, 0.29) is 11.9 Å². The third-order valence-electron chi connectivity index (χ3n) is 6.14. The highest BCUT2D eigenvalue weighted by Gasteiger charge is 2.27. The van der Waals surface area contributed by atoms with Crippen molar-refractivity contribution in [2.24, 2.45) is 0 Å². The van der Waals surface area contributed by atoms with E-state index in [4.69, 9.17) is 4.74 Å². The molecule has 0 bridgehead atoms. The topological polar surface area (TPSA) is 110 Å². The predicted octanol–water partition coefficient (Wildman–Crippen LogP) is 5.52. The van der Waals surface area contributed by atoms with Crippen LogP contribution in [0.4, 0.5) is 5.00 Å². The number of aryl methyl sites for hydroxylation is 1.